The highest BCUT2D eigenvalue weighted by molar-refractivity contribution is 6.36. The van der Waals surface area contributed by atoms with Gasteiger partial charge in [-0.1, -0.05) is 11.6 Å². The van der Waals surface area contributed by atoms with E-state index in [4.69, 9.17) is 11.6 Å². The van der Waals surface area contributed by atoms with Crippen LogP contribution in [0.15, 0.2) is 42.5 Å². The Morgan fingerprint density at radius 3 is 2.14 bits per heavy atom. The van der Waals surface area contributed by atoms with Crippen molar-refractivity contribution in [1.82, 2.24) is 0 Å². The summed E-state index contributed by atoms with van der Waals surface area (Å²) in [7, 11) is 3.86. The summed E-state index contributed by atoms with van der Waals surface area (Å²) in [5, 5.41) is 0.444. The van der Waals surface area contributed by atoms with Crippen molar-refractivity contribution in [2.24, 2.45) is 0 Å². The Balaban J connectivity index is 2.01. The normalized spacial score (nSPS) is 13.6. The highest BCUT2D eigenvalue weighted by Gasteiger charge is 2.36. The van der Waals surface area contributed by atoms with E-state index in [1.165, 1.54) is 11.0 Å². The van der Waals surface area contributed by atoms with E-state index in [0.29, 0.717) is 21.8 Å². The van der Waals surface area contributed by atoms with Gasteiger partial charge in [0.2, 0.25) is 0 Å². The Morgan fingerprint density at radius 2 is 1.52 bits per heavy atom. The fraction of sp³-hybridized carbons (Fsp3) is 0.125. The first kappa shape index (κ1) is 13.6. The topological polar surface area (TPSA) is 40.6 Å². The lowest BCUT2D eigenvalue weighted by atomic mass is 10.1. The smallest absolute Gasteiger partial charge is 0.266 e. The lowest BCUT2D eigenvalue weighted by Crippen LogP contribution is -2.29. The van der Waals surface area contributed by atoms with Gasteiger partial charge in [0, 0.05) is 24.8 Å². The van der Waals surface area contributed by atoms with Gasteiger partial charge in [-0.05, 0) is 42.5 Å². The van der Waals surface area contributed by atoms with Crippen LogP contribution in [-0.4, -0.2) is 25.9 Å². The molecule has 21 heavy (non-hydrogen) atoms. The van der Waals surface area contributed by atoms with E-state index in [1.54, 1.807) is 24.3 Å². The molecular formula is C16H13ClN2O2. The van der Waals surface area contributed by atoms with E-state index >= 15 is 0 Å². The molecule has 4 nitrogen and oxygen atoms in total. The van der Waals surface area contributed by atoms with Crippen molar-refractivity contribution < 1.29 is 9.59 Å². The van der Waals surface area contributed by atoms with Crippen molar-refractivity contribution in [3.63, 3.8) is 0 Å². The molecule has 1 aliphatic heterocycles. The van der Waals surface area contributed by atoms with Gasteiger partial charge in [-0.25, -0.2) is 4.90 Å². The third-order valence-electron chi connectivity index (χ3n) is 3.47. The molecule has 3 rings (SSSR count). The standard InChI is InChI=1S/C16H13ClN2O2/c1-18(2)11-4-6-12(7-5-11)19-15(20)13-8-3-10(17)9-14(13)16(19)21/h3-9H,1-2H3. The number of fused-ring (bicyclic) bond motifs is 1. The number of anilines is 2. The number of halogens is 1. The fourth-order valence-corrected chi connectivity index (χ4v) is 2.52. The molecule has 0 unspecified atom stereocenters. The van der Waals surface area contributed by atoms with Crippen LogP contribution in [0.4, 0.5) is 11.4 Å². The SMILES string of the molecule is CN(C)c1ccc(N2C(=O)c3ccc(Cl)cc3C2=O)cc1. The lowest BCUT2D eigenvalue weighted by molar-refractivity contribution is 0.0926. The van der Waals surface area contributed by atoms with Gasteiger partial charge in [0.15, 0.2) is 0 Å². The Hall–Kier alpha value is -2.33. The van der Waals surface area contributed by atoms with Gasteiger partial charge < -0.3 is 4.90 Å². The number of imide groups is 1. The summed E-state index contributed by atoms with van der Waals surface area (Å²) in [4.78, 5) is 27.9. The molecule has 5 heteroatoms. The molecule has 1 aliphatic rings. The second-order valence-corrected chi connectivity index (χ2v) is 5.48. The zero-order valence-corrected chi connectivity index (χ0v) is 12.4. The monoisotopic (exact) mass is 300 g/mol. The maximum absolute atomic E-state index is 12.4. The van der Waals surface area contributed by atoms with Crippen LogP contribution in [0.3, 0.4) is 0 Å². The molecule has 0 aliphatic carbocycles. The quantitative estimate of drug-likeness (QED) is 0.800. The molecule has 1 heterocycles. The minimum Gasteiger partial charge on any atom is -0.378 e. The Bertz CT molecular complexity index is 738. The van der Waals surface area contributed by atoms with Gasteiger partial charge in [-0.3, -0.25) is 9.59 Å². The average Bonchev–Trinajstić information content (AvgIpc) is 2.70. The zero-order chi connectivity index (χ0) is 15.1. The Labute approximate surface area is 127 Å². The highest BCUT2D eigenvalue weighted by atomic mass is 35.5. The molecule has 0 bridgehead atoms. The molecule has 2 aromatic rings. The largest absolute Gasteiger partial charge is 0.378 e. The molecule has 106 valence electrons. The van der Waals surface area contributed by atoms with Gasteiger partial charge >= 0.3 is 0 Å². The molecular weight excluding hydrogens is 288 g/mol. The molecule has 0 radical (unpaired) electrons. The van der Waals surface area contributed by atoms with Crippen LogP contribution >= 0.6 is 11.6 Å². The number of carbonyl (C=O) groups excluding carboxylic acids is 2. The molecule has 0 spiro atoms. The summed E-state index contributed by atoms with van der Waals surface area (Å²) in [5.74, 6) is -0.653. The Morgan fingerprint density at radius 1 is 0.905 bits per heavy atom. The summed E-state index contributed by atoms with van der Waals surface area (Å²) in [5.41, 5.74) is 2.30. The van der Waals surface area contributed by atoms with Crippen LogP contribution < -0.4 is 9.80 Å². The molecule has 0 saturated heterocycles. The summed E-state index contributed by atoms with van der Waals surface area (Å²) in [6.07, 6.45) is 0. The Kier molecular flexibility index (Phi) is 3.18. The van der Waals surface area contributed by atoms with E-state index in [9.17, 15) is 9.59 Å². The van der Waals surface area contributed by atoms with Gasteiger partial charge in [0.05, 0.1) is 16.8 Å². The predicted octanol–water partition coefficient (Wildman–Crippen LogP) is 3.21. The van der Waals surface area contributed by atoms with Crippen molar-refractivity contribution in [3.8, 4) is 0 Å². The van der Waals surface area contributed by atoms with Crippen LogP contribution in [-0.2, 0) is 0 Å². The first-order valence-electron chi connectivity index (χ1n) is 6.45. The van der Waals surface area contributed by atoms with Crippen molar-refractivity contribution in [1.29, 1.82) is 0 Å². The third kappa shape index (κ3) is 2.17. The van der Waals surface area contributed by atoms with Gasteiger partial charge in [0.1, 0.15) is 0 Å². The number of carbonyl (C=O) groups is 2. The van der Waals surface area contributed by atoms with E-state index in [1.807, 2.05) is 31.1 Å². The summed E-state index contributed by atoms with van der Waals surface area (Å²) >= 11 is 5.90. The van der Waals surface area contributed by atoms with E-state index in [2.05, 4.69) is 0 Å². The lowest BCUT2D eigenvalue weighted by Gasteiger charge is -2.16. The molecule has 2 aromatic carbocycles. The highest BCUT2D eigenvalue weighted by Crippen LogP contribution is 2.30. The molecule has 0 N–H and O–H groups in total. The number of amides is 2. The predicted molar refractivity (Wildman–Crippen MR) is 83.4 cm³/mol. The van der Waals surface area contributed by atoms with Crippen LogP contribution in [0.1, 0.15) is 20.7 Å². The first-order chi connectivity index (χ1) is 9.99. The summed E-state index contributed by atoms with van der Waals surface area (Å²) in [6, 6.07) is 12.0. The van der Waals surface area contributed by atoms with Crippen LogP contribution in [0.25, 0.3) is 0 Å². The second kappa shape index (κ2) is 4.90. The minimum absolute atomic E-state index is 0.315. The number of hydrogen-bond donors (Lipinski definition) is 0. The number of benzene rings is 2. The molecule has 2 amide bonds. The summed E-state index contributed by atoms with van der Waals surface area (Å²) < 4.78 is 0. The molecule has 0 aromatic heterocycles. The molecule has 0 fully saturated rings. The first-order valence-corrected chi connectivity index (χ1v) is 6.82. The van der Waals surface area contributed by atoms with Gasteiger partial charge in [-0.2, -0.15) is 0 Å². The molecule has 0 saturated carbocycles. The zero-order valence-electron chi connectivity index (χ0n) is 11.6. The van der Waals surface area contributed by atoms with Crippen molar-refractivity contribution in [2.45, 2.75) is 0 Å². The van der Waals surface area contributed by atoms with E-state index < -0.39 is 0 Å². The maximum atomic E-state index is 12.4. The molecule has 0 atom stereocenters. The van der Waals surface area contributed by atoms with Crippen LogP contribution in [0.5, 0.6) is 0 Å². The van der Waals surface area contributed by atoms with Crippen LogP contribution in [0.2, 0.25) is 5.02 Å². The third-order valence-corrected chi connectivity index (χ3v) is 3.71. The number of rotatable bonds is 2. The maximum Gasteiger partial charge on any atom is 0.266 e. The second-order valence-electron chi connectivity index (χ2n) is 5.05. The summed E-state index contributed by atoms with van der Waals surface area (Å²) in [6.45, 7) is 0. The number of nitrogens with zero attached hydrogens (tertiary/aromatic N) is 2. The van der Waals surface area contributed by atoms with Crippen molar-refractivity contribution in [2.75, 3.05) is 23.9 Å². The average molecular weight is 301 g/mol. The van der Waals surface area contributed by atoms with Crippen LogP contribution in [0, 0.1) is 0 Å². The number of hydrogen-bond acceptors (Lipinski definition) is 3. The van der Waals surface area contributed by atoms with E-state index in [0.717, 1.165) is 5.69 Å². The fourth-order valence-electron chi connectivity index (χ4n) is 2.35. The van der Waals surface area contributed by atoms with Gasteiger partial charge in [-0.15, -0.1) is 0 Å². The van der Waals surface area contributed by atoms with Crippen molar-refractivity contribution >= 4 is 34.8 Å². The van der Waals surface area contributed by atoms with Crippen molar-refractivity contribution in [3.05, 3.63) is 58.6 Å². The minimum atomic E-state index is -0.338. The van der Waals surface area contributed by atoms with E-state index in [-0.39, 0.29) is 11.8 Å². The van der Waals surface area contributed by atoms with Gasteiger partial charge in [0.25, 0.3) is 11.8 Å².